The zero-order valence-electron chi connectivity index (χ0n) is 11.8. The third-order valence-electron chi connectivity index (χ3n) is 3.67. The second-order valence-electron chi connectivity index (χ2n) is 5.10. The molecule has 0 saturated carbocycles. The quantitative estimate of drug-likeness (QED) is 0.847. The van der Waals surface area contributed by atoms with Crippen LogP contribution in [0.1, 0.15) is 30.9 Å². The van der Waals surface area contributed by atoms with Gasteiger partial charge in [0.25, 0.3) is 0 Å². The Morgan fingerprint density at radius 2 is 2.15 bits per heavy atom. The Balaban J connectivity index is 1.99. The van der Waals surface area contributed by atoms with Crippen molar-refractivity contribution in [1.82, 2.24) is 4.90 Å². The molecule has 1 heterocycles. The van der Waals surface area contributed by atoms with E-state index in [0.717, 1.165) is 44.6 Å². The molecule has 2 rings (SSSR count). The lowest BCUT2D eigenvalue weighted by atomic mass is 10.0. The van der Waals surface area contributed by atoms with Crippen molar-refractivity contribution in [2.75, 3.05) is 19.7 Å². The molecule has 0 spiro atoms. The normalized spacial score (nSPS) is 17.3. The molecule has 110 valence electrons. The Hall–Kier alpha value is -1.04. The second-order valence-corrected chi connectivity index (χ2v) is 5.54. The summed E-state index contributed by atoms with van der Waals surface area (Å²) in [5.41, 5.74) is 7.32. The lowest BCUT2D eigenvalue weighted by Gasteiger charge is -2.32. The zero-order chi connectivity index (χ0) is 14.5. The van der Waals surface area contributed by atoms with Crippen LogP contribution in [0.15, 0.2) is 18.2 Å². The first kappa shape index (κ1) is 15.4. The maximum Gasteiger partial charge on any atom is 0.123 e. The third-order valence-corrected chi connectivity index (χ3v) is 3.89. The highest BCUT2D eigenvalue weighted by Crippen LogP contribution is 2.19. The van der Waals surface area contributed by atoms with Gasteiger partial charge >= 0.3 is 0 Å². The number of rotatable bonds is 5. The standard InChI is InChI=1S/C15H21FN2OS/c1-2-19-13-5-7-18(8-6-13)10-11-3-4-12(16)9-14(11)15(17)20/h3-4,9,13H,2,5-8,10H2,1H3,(H2,17,20). The van der Waals surface area contributed by atoms with Gasteiger partial charge in [0.1, 0.15) is 10.8 Å². The molecule has 0 radical (unpaired) electrons. The van der Waals surface area contributed by atoms with Crippen molar-refractivity contribution in [1.29, 1.82) is 0 Å². The van der Waals surface area contributed by atoms with Crippen molar-refractivity contribution >= 4 is 17.2 Å². The van der Waals surface area contributed by atoms with Gasteiger partial charge < -0.3 is 10.5 Å². The summed E-state index contributed by atoms with van der Waals surface area (Å²) in [6.07, 6.45) is 2.45. The average molecular weight is 296 g/mol. The van der Waals surface area contributed by atoms with E-state index in [1.54, 1.807) is 6.07 Å². The molecule has 0 aromatic heterocycles. The number of nitrogens with two attached hydrogens (primary N) is 1. The molecule has 0 bridgehead atoms. The first-order chi connectivity index (χ1) is 9.60. The van der Waals surface area contributed by atoms with Crippen molar-refractivity contribution in [2.45, 2.75) is 32.4 Å². The fourth-order valence-corrected chi connectivity index (χ4v) is 2.82. The highest BCUT2D eigenvalue weighted by Gasteiger charge is 2.20. The Morgan fingerprint density at radius 3 is 2.75 bits per heavy atom. The summed E-state index contributed by atoms with van der Waals surface area (Å²) in [5.74, 6) is -0.299. The van der Waals surface area contributed by atoms with Gasteiger partial charge in [0, 0.05) is 31.8 Å². The predicted octanol–water partition coefficient (Wildman–Crippen LogP) is 2.46. The molecule has 0 aliphatic carbocycles. The highest BCUT2D eigenvalue weighted by molar-refractivity contribution is 7.80. The molecule has 5 heteroatoms. The van der Waals surface area contributed by atoms with Crippen LogP contribution in [0.4, 0.5) is 4.39 Å². The summed E-state index contributed by atoms with van der Waals surface area (Å²) in [6.45, 7) is 5.52. The third kappa shape index (κ3) is 3.98. The molecule has 0 amide bonds. The van der Waals surface area contributed by atoms with E-state index in [1.807, 2.05) is 6.92 Å². The minimum Gasteiger partial charge on any atom is -0.389 e. The van der Waals surface area contributed by atoms with Gasteiger partial charge in [-0.05, 0) is 37.5 Å². The molecule has 0 unspecified atom stereocenters. The van der Waals surface area contributed by atoms with Gasteiger partial charge in [-0.2, -0.15) is 0 Å². The summed E-state index contributed by atoms with van der Waals surface area (Å²) < 4.78 is 18.9. The van der Waals surface area contributed by atoms with Gasteiger partial charge in [0.15, 0.2) is 0 Å². The van der Waals surface area contributed by atoms with Gasteiger partial charge in [-0.3, -0.25) is 4.90 Å². The SMILES string of the molecule is CCOC1CCN(Cc2ccc(F)cc2C(N)=S)CC1. The lowest BCUT2D eigenvalue weighted by Crippen LogP contribution is -2.37. The summed E-state index contributed by atoms with van der Waals surface area (Å²) in [5, 5.41) is 0. The second kappa shape index (κ2) is 7.11. The number of piperidine rings is 1. The van der Waals surface area contributed by atoms with E-state index in [9.17, 15) is 4.39 Å². The Morgan fingerprint density at radius 1 is 1.45 bits per heavy atom. The summed E-state index contributed by atoms with van der Waals surface area (Å²) in [6, 6.07) is 4.66. The molecule has 1 aliphatic heterocycles. The Labute approximate surface area is 124 Å². The fraction of sp³-hybridized carbons (Fsp3) is 0.533. The number of thiocarbonyl (C=S) groups is 1. The molecule has 3 nitrogen and oxygen atoms in total. The summed E-state index contributed by atoms with van der Waals surface area (Å²) in [7, 11) is 0. The van der Waals surface area contributed by atoms with Crippen molar-refractivity contribution < 1.29 is 9.13 Å². The van der Waals surface area contributed by atoms with E-state index < -0.39 is 0 Å². The predicted molar refractivity (Wildman–Crippen MR) is 82.2 cm³/mol. The van der Waals surface area contributed by atoms with E-state index in [2.05, 4.69) is 4.90 Å². The van der Waals surface area contributed by atoms with Crippen molar-refractivity contribution in [3.63, 3.8) is 0 Å². The van der Waals surface area contributed by atoms with E-state index >= 15 is 0 Å². The maximum absolute atomic E-state index is 13.3. The van der Waals surface area contributed by atoms with E-state index in [-0.39, 0.29) is 10.8 Å². The summed E-state index contributed by atoms with van der Waals surface area (Å²) >= 11 is 5.00. The van der Waals surface area contributed by atoms with E-state index in [1.165, 1.54) is 12.1 Å². The van der Waals surface area contributed by atoms with E-state index in [4.69, 9.17) is 22.7 Å². The van der Waals surface area contributed by atoms with Crippen LogP contribution >= 0.6 is 12.2 Å². The van der Waals surface area contributed by atoms with Crippen LogP contribution in [0.2, 0.25) is 0 Å². The summed E-state index contributed by atoms with van der Waals surface area (Å²) in [4.78, 5) is 2.59. The number of ether oxygens (including phenoxy) is 1. The monoisotopic (exact) mass is 296 g/mol. The number of hydrogen-bond acceptors (Lipinski definition) is 3. The van der Waals surface area contributed by atoms with Gasteiger partial charge in [-0.15, -0.1) is 0 Å². The first-order valence-corrected chi connectivity index (χ1v) is 7.43. The number of nitrogens with zero attached hydrogens (tertiary/aromatic N) is 1. The van der Waals surface area contributed by atoms with Crippen LogP contribution in [0.5, 0.6) is 0 Å². The highest BCUT2D eigenvalue weighted by atomic mass is 32.1. The number of hydrogen-bond donors (Lipinski definition) is 1. The molecule has 1 fully saturated rings. The van der Waals surface area contributed by atoms with Crippen molar-refractivity contribution in [2.24, 2.45) is 5.73 Å². The number of likely N-dealkylation sites (tertiary alicyclic amines) is 1. The largest absolute Gasteiger partial charge is 0.389 e. The molecule has 1 aliphatic rings. The Bertz CT molecular complexity index is 473. The topological polar surface area (TPSA) is 38.5 Å². The average Bonchev–Trinajstić information content (AvgIpc) is 2.43. The maximum atomic E-state index is 13.3. The smallest absolute Gasteiger partial charge is 0.123 e. The van der Waals surface area contributed by atoms with Crippen LogP contribution < -0.4 is 5.73 Å². The van der Waals surface area contributed by atoms with Crippen LogP contribution in [0, 0.1) is 5.82 Å². The molecular formula is C15H21FN2OS. The van der Waals surface area contributed by atoms with Gasteiger partial charge in [-0.1, -0.05) is 18.3 Å². The van der Waals surface area contributed by atoms with Gasteiger partial charge in [0.2, 0.25) is 0 Å². The van der Waals surface area contributed by atoms with Crippen LogP contribution in [-0.4, -0.2) is 35.7 Å². The zero-order valence-corrected chi connectivity index (χ0v) is 12.6. The molecule has 0 atom stereocenters. The van der Waals surface area contributed by atoms with Crippen LogP contribution in [0.3, 0.4) is 0 Å². The molecule has 20 heavy (non-hydrogen) atoms. The molecule has 1 aromatic rings. The molecular weight excluding hydrogens is 275 g/mol. The fourth-order valence-electron chi connectivity index (χ4n) is 2.63. The minimum atomic E-state index is -0.299. The lowest BCUT2D eigenvalue weighted by molar-refractivity contribution is 0.0125. The minimum absolute atomic E-state index is 0.253. The first-order valence-electron chi connectivity index (χ1n) is 7.02. The van der Waals surface area contributed by atoms with Gasteiger partial charge in [0.05, 0.1) is 6.10 Å². The van der Waals surface area contributed by atoms with Gasteiger partial charge in [-0.25, -0.2) is 4.39 Å². The van der Waals surface area contributed by atoms with Crippen molar-refractivity contribution in [3.05, 3.63) is 35.1 Å². The molecule has 2 N–H and O–H groups in total. The van der Waals surface area contributed by atoms with E-state index in [0.29, 0.717) is 11.7 Å². The van der Waals surface area contributed by atoms with Crippen LogP contribution in [0.25, 0.3) is 0 Å². The molecule has 1 aromatic carbocycles. The number of halogens is 1. The number of benzene rings is 1. The Kier molecular flexibility index (Phi) is 5.46. The van der Waals surface area contributed by atoms with Crippen molar-refractivity contribution in [3.8, 4) is 0 Å². The van der Waals surface area contributed by atoms with Crippen LogP contribution in [-0.2, 0) is 11.3 Å². The molecule has 1 saturated heterocycles.